The van der Waals surface area contributed by atoms with Gasteiger partial charge in [0.15, 0.2) is 0 Å². The quantitative estimate of drug-likeness (QED) is 0.655. The number of carbonyl (C=O) groups excluding carboxylic acids is 1. The minimum atomic E-state index is -1.14. The Bertz CT molecular complexity index is 278. The van der Waals surface area contributed by atoms with Crippen molar-refractivity contribution in [1.29, 1.82) is 0 Å². The van der Waals surface area contributed by atoms with Crippen molar-refractivity contribution in [1.82, 2.24) is 4.90 Å². The van der Waals surface area contributed by atoms with Crippen LogP contribution in [0.4, 0.5) is 4.79 Å². The maximum atomic E-state index is 11.4. The minimum absolute atomic E-state index is 0.00556. The third kappa shape index (κ3) is 2.47. The van der Waals surface area contributed by atoms with Crippen molar-refractivity contribution in [2.24, 2.45) is 0 Å². The summed E-state index contributed by atoms with van der Waals surface area (Å²) in [7, 11) is 0. The normalized spacial score (nSPS) is 25.0. The van der Waals surface area contributed by atoms with Crippen LogP contribution in [0.2, 0.25) is 0 Å². The fraction of sp³-hybridized carbons (Fsp3) is 0.556. The fourth-order valence-electron chi connectivity index (χ4n) is 1.49. The maximum Gasteiger partial charge on any atom is 0.412 e. The summed E-state index contributed by atoms with van der Waals surface area (Å²) in [6, 6.07) is -1.00. The largest absolute Gasteiger partial charge is 0.480 e. The molecule has 0 bridgehead atoms. The van der Waals surface area contributed by atoms with Crippen LogP contribution < -0.4 is 0 Å². The number of hydrogen-bond donors (Lipinski definition) is 2. The van der Waals surface area contributed by atoms with Crippen molar-refractivity contribution in [3.63, 3.8) is 0 Å². The third-order valence-corrected chi connectivity index (χ3v) is 2.18. The van der Waals surface area contributed by atoms with Crippen LogP contribution in [-0.4, -0.2) is 46.1 Å². The summed E-state index contributed by atoms with van der Waals surface area (Å²) in [4.78, 5) is 23.0. The van der Waals surface area contributed by atoms with Crippen LogP contribution >= 0.6 is 0 Å². The zero-order valence-electron chi connectivity index (χ0n) is 8.13. The molecule has 15 heavy (non-hydrogen) atoms. The van der Waals surface area contributed by atoms with Gasteiger partial charge in [-0.25, -0.2) is 9.59 Å². The van der Waals surface area contributed by atoms with Gasteiger partial charge in [-0.05, 0) is 12.8 Å². The second kappa shape index (κ2) is 4.79. The Hall–Kier alpha value is -1.56. The van der Waals surface area contributed by atoms with E-state index in [1.807, 2.05) is 0 Å². The number of aliphatic carboxylic acids is 1. The predicted molar refractivity (Wildman–Crippen MR) is 50.0 cm³/mol. The highest BCUT2D eigenvalue weighted by atomic mass is 16.6. The number of carboxylic acids is 1. The van der Waals surface area contributed by atoms with Crippen LogP contribution in [-0.2, 0) is 9.53 Å². The Morgan fingerprint density at radius 1 is 1.53 bits per heavy atom. The van der Waals surface area contributed by atoms with Crippen LogP contribution in [0.15, 0.2) is 12.7 Å². The number of amides is 1. The highest BCUT2D eigenvalue weighted by molar-refractivity contribution is 5.80. The summed E-state index contributed by atoms with van der Waals surface area (Å²) in [5, 5.41) is 18.2. The predicted octanol–water partition coefficient (Wildman–Crippen LogP) is 0.176. The lowest BCUT2D eigenvalue weighted by atomic mass is 10.2. The number of likely N-dealkylation sites (tertiary alicyclic amines) is 1. The smallest absolute Gasteiger partial charge is 0.412 e. The number of carboxylic acid groups (broad SMARTS) is 1. The second-order valence-electron chi connectivity index (χ2n) is 3.18. The first-order valence-electron chi connectivity index (χ1n) is 4.54. The highest BCUT2D eigenvalue weighted by Gasteiger charge is 2.41. The van der Waals surface area contributed by atoms with Gasteiger partial charge < -0.3 is 14.9 Å². The molecule has 1 amide bonds. The van der Waals surface area contributed by atoms with Crippen molar-refractivity contribution in [3.8, 4) is 0 Å². The Morgan fingerprint density at radius 2 is 2.20 bits per heavy atom. The standard InChI is InChI=1S/C9H13NO5/c1-2-5-15-9(14)10-6(8(12)13)3-4-7(10)11/h2,6-7,11H,1,3-5H2,(H,12,13). The summed E-state index contributed by atoms with van der Waals surface area (Å²) in [6.45, 7) is 3.35. The van der Waals surface area contributed by atoms with E-state index in [0.717, 1.165) is 4.90 Å². The molecule has 0 radical (unpaired) electrons. The summed E-state index contributed by atoms with van der Waals surface area (Å²) < 4.78 is 4.67. The first-order valence-corrected chi connectivity index (χ1v) is 4.54. The summed E-state index contributed by atoms with van der Waals surface area (Å²) in [5.74, 6) is -1.14. The van der Waals surface area contributed by atoms with Gasteiger partial charge in [0.05, 0.1) is 0 Å². The molecule has 2 unspecified atom stereocenters. The molecular formula is C9H13NO5. The van der Waals surface area contributed by atoms with Crippen LogP contribution in [0, 0.1) is 0 Å². The summed E-state index contributed by atoms with van der Waals surface area (Å²) >= 11 is 0. The van der Waals surface area contributed by atoms with Crippen molar-refractivity contribution in [2.75, 3.05) is 6.61 Å². The van der Waals surface area contributed by atoms with E-state index in [2.05, 4.69) is 11.3 Å². The van der Waals surface area contributed by atoms with E-state index in [1.165, 1.54) is 6.08 Å². The number of aliphatic hydroxyl groups is 1. The molecule has 2 atom stereocenters. The van der Waals surface area contributed by atoms with Crippen molar-refractivity contribution in [2.45, 2.75) is 25.1 Å². The number of ether oxygens (including phenoxy) is 1. The van der Waals surface area contributed by atoms with Crippen LogP contribution in [0.25, 0.3) is 0 Å². The molecule has 0 spiro atoms. The number of rotatable bonds is 3. The molecule has 2 N–H and O–H groups in total. The molecule has 0 aromatic carbocycles. The zero-order valence-corrected chi connectivity index (χ0v) is 8.13. The average molecular weight is 215 g/mol. The molecule has 6 heteroatoms. The van der Waals surface area contributed by atoms with E-state index in [4.69, 9.17) is 5.11 Å². The van der Waals surface area contributed by atoms with E-state index >= 15 is 0 Å². The second-order valence-corrected chi connectivity index (χ2v) is 3.18. The molecule has 1 aliphatic heterocycles. The van der Waals surface area contributed by atoms with Crippen molar-refractivity contribution >= 4 is 12.1 Å². The Labute approximate surface area is 86.7 Å². The lowest BCUT2D eigenvalue weighted by Gasteiger charge is -2.23. The van der Waals surface area contributed by atoms with Crippen LogP contribution in [0.3, 0.4) is 0 Å². The Balaban J connectivity index is 2.66. The van der Waals surface area contributed by atoms with E-state index in [0.29, 0.717) is 0 Å². The fourth-order valence-corrected chi connectivity index (χ4v) is 1.49. The van der Waals surface area contributed by atoms with Gasteiger partial charge in [0.1, 0.15) is 18.9 Å². The molecule has 0 aromatic rings. The van der Waals surface area contributed by atoms with E-state index in [1.54, 1.807) is 0 Å². The summed E-state index contributed by atoms with van der Waals surface area (Å²) in [5.41, 5.74) is 0. The van der Waals surface area contributed by atoms with Gasteiger partial charge in [0.25, 0.3) is 0 Å². The number of hydrogen-bond acceptors (Lipinski definition) is 4. The average Bonchev–Trinajstić information content (AvgIpc) is 2.56. The lowest BCUT2D eigenvalue weighted by Crippen LogP contribution is -2.45. The molecule has 84 valence electrons. The van der Waals surface area contributed by atoms with Gasteiger partial charge in [0, 0.05) is 0 Å². The Kier molecular flexibility index (Phi) is 3.68. The van der Waals surface area contributed by atoms with Gasteiger partial charge >= 0.3 is 12.1 Å². The van der Waals surface area contributed by atoms with Gasteiger partial charge in [-0.3, -0.25) is 4.90 Å². The molecule has 1 rings (SSSR count). The molecule has 1 heterocycles. The molecule has 1 saturated heterocycles. The van der Waals surface area contributed by atoms with E-state index < -0.39 is 24.3 Å². The summed E-state index contributed by atoms with van der Waals surface area (Å²) in [6.07, 6.45) is -0.0496. The van der Waals surface area contributed by atoms with Crippen molar-refractivity contribution < 1.29 is 24.5 Å². The molecule has 6 nitrogen and oxygen atoms in total. The molecule has 0 aromatic heterocycles. The minimum Gasteiger partial charge on any atom is -0.480 e. The van der Waals surface area contributed by atoms with E-state index in [-0.39, 0.29) is 19.4 Å². The van der Waals surface area contributed by atoms with Crippen LogP contribution in [0.5, 0.6) is 0 Å². The monoisotopic (exact) mass is 215 g/mol. The molecule has 0 saturated carbocycles. The topological polar surface area (TPSA) is 87.1 Å². The third-order valence-electron chi connectivity index (χ3n) is 2.18. The molecule has 0 aliphatic carbocycles. The zero-order chi connectivity index (χ0) is 11.4. The van der Waals surface area contributed by atoms with Gasteiger partial charge in [0.2, 0.25) is 0 Å². The molecule has 1 aliphatic rings. The number of carbonyl (C=O) groups is 2. The molecular weight excluding hydrogens is 202 g/mol. The SMILES string of the molecule is C=CCOC(=O)N1C(O)CCC1C(=O)O. The maximum absolute atomic E-state index is 11.4. The first kappa shape index (κ1) is 11.5. The number of aliphatic hydroxyl groups excluding tert-OH is 1. The lowest BCUT2D eigenvalue weighted by molar-refractivity contribution is -0.143. The van der Waals surface area contributed by atoms with Gasteiger partial charge in [-0.15, -0.1) is 0 Å². The van der Waals surface area contributed by atoms with Gasteiger partial charge in [-0.1, -0.05) is 12.7 Å². The van der Waals surface area contributed by atoms with Gasteiger partial charge in [-0.2, -0.15) is 0 Å². The first-order chi connectivity index (χ1) is 7.07. The van der Waals surface area contributed by atoms with Crippen LogP contribution in [0.1, 0.15) is 12.8 Å². The number of nitrogens with zero attached hydrogens (tertiary/aromatic N) is 1. The van der Waals surface area contributed by atoms with Crippen molar-refractivity contribution in [3.05, 3.63) is 12.7 Å². The van der Waals surface area contributed by atoms with E-state index in [9.17, 15) is 14.7 Å². The molecule has 1 fully saturated rings. The highest BCUT2D eigenvalue weighted by Crippen LogP contribution is 2.23. The Morgan fingerprint density at radius 3 is 2.73 bits per heavy atom.